The Morgan fingerprint density at radius 1 is 1.15 bits per heavy atom. The summed E-state index contributed by atoms with van der Waals surface area (Å²) in [5.74, 6) is -4.54. The van der Waals surface area contributed by atoms with E-state index in [1.807, 2.05) is 6.08 Å². The molecule has 2 aromatic rings. The molecule has 0 amide bonds. The third-order valence-corrected chi connectivity index (χ3v) is 4.74. The number of aromatic carboxylic acids is 1. The summed E-state index contributed by atoms with van der Waals surface area (Å²) in [5.41, 5.74) is 8.08. The number of carboxylic acids is 1. The maximum absolute atomic E-state index is 14.0. The summed E-state index contributed by atoms with van der Waals surface area (Å²) in [7, 11) is 0. The van der Waals surface area contributed by atoms with Gasteiger partial charge in [0.25, 0.3) is 0 Å². The van der Waals surface area contributed by atoms with Crippen LogP contribution in [0, 0.1) is 17.5 Å². The van der Waals surface area contributed by atoms with Crippen molar-refractivity contribution in [1.29, 1.82) is 0 Å². The fourth-order valence-electron chi connectivity index (χ4n) is 3.30. The minimum absolute atomic E-state index is 0.0822. The lowest BCUT2D eigenvalue weighted by atomic mass is 9.80. The maximum Gasteiger partial charge on any atom is 0.335 e. The van der Waals surface area contributed by atoms with Gasteiger partial charge in [-0.25, -0.2) is 18.0 Å². The topological polar surface area (TPSA) is 75.3 Å². The Hall–Kier alpha value is -2.80. The lowest BCUT2D eigenvalue weighted by molar-refractivity contribution is 0.0697. The number of rotatable bonds is 5. The molecule has 4 N–H and O–H groups in total. The number of hydrogen-bond acceptors (Lipinski definition) is 3. The van der Waals surface area contributed by atoms with Gasteiger partial charge in [0.1, 0.15) is 5.82 Å². The van der Waals surface area contributed by atoms with Crippen molar-refractivity contribution in [3.8, 4) is 0 Å². The van der Waals surface area contributed by atoms with E-state index in [1.54, 1.807) is 12.1 Å². The zero-order valence-corrected chi connectivity index (χ0v) is 14.4. The van der Waals surface area contributed by atoms with Gasteiger partial charge in [0, 0.05) is 30.3 Å². The highest BCUT2D eigenvalue weighted by Gasteiger charge is 2.27. The van der Waals surface area contributed by atoms with E-state index in [0.717, 1.165) is 11.6 Å². The molecule has 3 rings (SSSR count). The van der Waals surface area contributed by atoms with Crippen LogP contribution in [0.1, 0.15) is 34.7 Å². The molecule has 2 atom stereocenters. The zero-order chi connectivity index (χ0) is 19.6. The Balaban J connectivity index is 1.68. The molecule has 0 saturated heterocycles. The molecule has 0 bridgehead atoms. The summed E-state index contributed by atoms with van der Waals surface area (Å²) in [6, 6.07) is 7.44. The standard InChI is InChI=1S/C20H19F3N2O2/c21-16-9-18(23)17(22)8-15(16)14-5-4-11(6-19(14)24)10-25-13-3-1-2-12(7-13)20(26)27/h1-4,7-9,14,19,25H,5-6,10,24H2,(H,26,27)/t14-,19+/m1/s1. The highest BCUT2D eigenvalue weighted by atomic mass is 19.2. The molecule has 0 fully saturated rings. The Bertz CT molecular complexity index is 899. The smallest absolute Gasteiger partial charge is 0.335 e. The fraction of sp³-hybridized carbons (Fsp3) is 0.250. The second kappa shape index (κ2) is 7.84. The maximum atomic E-state index is 14.0. The predicted molar refractivity (Wildman–Crippen MR) is 96.2 cm³/mol. The molecule has 2 aromatic carbocycles. The molecule has 7 heteroatoms. The number of benzene rings is 2. The lowest BCUT2D eigenvalue weighted by Crippen LogP contribution is -2.33. The van der Waals surface area contributed by atoms with E-state index >= 15 is 0 Å². The van der Waals surface area contributed by atoms with Crippen LogP contribution in [0.4, 0.5) is 18.9 Å². The Morgan fingerprint density at radius 2 is 1.89 bits per heavy atom. The monoisotopic (exact) mass is 376 g/mol. The summed E-state index contributed by atoms with van der Waals surface area (Å²) < 4.78 is 40.6. The van der Waals surface area contributed by atoms with Crippen molar-refractivity contribution < 1.29 is 23.1 Å². The van der Waals surface area contributed by atoms with Crippen LogP contribution in [0.25, 0.3) is 0 Å². The summed E-state index contributed by atoms with van der Waals surface area (Å²) >= 11 is 0. The van der Waals surface area contributed by atoms with Crippen molar-refractivity contribution in [2.45, 2.75) is 24.8 Å². The summed E-state index contributed by atoms with van der Waals surface area (Å²) in [5, 5.41) is 12.2. The summed E-state index contributed by atoms with van der Waals surface area (Å²) in [6.45, 7) is 0.462. The van der Waals surface area contributed by atoms with Crippen molar-refractivity contribution in [1.82, 2.24) is 0 Å². The van der Waals surface area contributed by atoms with Crippen molar-refractivity contribution in [2.24, 2.45) is 5.73 Å². The van der Waals surface area contributed by atoms with Crippen molar-refractivity contribution in [3.63, 3.8) is 0 Å². The van der Waals surface area contributed by atoms with E-state index in [-0.39, 0.29) is 11.1 Å². The van der Waals surface area contributed by atoms with E-state index in [4.69, 9.17) is 10.8 Å². The van der Waals surface area contributed by atoms with E-state index in [9.17, 15) is 18.0 Å². The van der Waals surface area contributed by atoms with Gasteiger partial charge in [-0.1, -0.05) is 17.7 Å². The van der Waals surface area contributed by atoms with E-state index < -0.39 is 35.4 Å². The first-order valence-electron chi connectivity index (χ1n) is 8.50. The van der Waals surface area contributed by atoms with Crippen LogP contribution in [-0.2, 0) is 0 Å². The number of nitrogens with one attached hydrogen (secondary N) is 1. The molecule has 0 spiro atoms. The van der Waals surface area contributed by atoms with Crippen LogP contribution in [0.3, 0.4) is 0 Å². The molecule has 27 heavy (non-hydrogen) atoms. The normalized spacial score (nSPS) is 19.5. The van der Waals surface area contributed by atoms with Gasteiger partial charge in [-0.05, 0) is 42.7 Å². The zero-order valence-electron chi connectivity index (χ0n) is 14.4. The second-order valence-electron chi connectivity index (χ2n) is 6.60. The number of anilines is 1. The largest absolute Gasteiger partial charge is 0.478 e. The molecule has 4 nitrogen and oxygen atoms in total. The third kappa shape index (κ3) is 4.31. The molecule has 0 aromatic heterocycles. The number of halogens is 3. The SMILES string of the molecule is N[C@H]1CC(CNc2cccc(C(=O)O)c2)=CC[C@@H]1c1cc(F)c(F)cc1F. The predicted octanol–water partition coefficient (Wildman–Crippen LogP) is 4.05. The highest BCUT2D eigenvalue weighted by Crippen LogP contribution is 2.33. The van der Waals surface area contributed by atoms with Crippen molar-refractivity contribution in [2.75, 3.05) is 11.9 Å². The Morgan fingerprint density at radius 3 is 2.59 bits per heavy atom. The molecular weight excluding hydrogens is 357 g/mol. The van der Waals surface area contributed by atoms with Crippen LogP contribution in [0.15, 0.2) is 48.0 Å². The molecule has 0 heterocycles. The quantitative estimate of drug-likeness (QED) is 0.544. The van der Waals surface area contributed by atoms with E-state index in [2.05, 4.69) is 5.32 Å². The molecular formula is C20H19F3N2O2. The van der Waals surface area contributed by atoms with Gasteiger partial charge in [0.15, 0.2) is 11.6 Å². The van der Waals surface area contributed by atoms with Crippen LogP contribution in [0.5, 0.6) is 0 Å². The second-order valence-corrected chi connectivity index (χ2v) is 6.60. The fourth-order valence-corrected chi connectivity index (χ4v) is 3.30. The average Bonchev–Trinajstić information content (AvgIpc) is 2.64. The van der Waals surface area contributed by atoms with Crippen molar-refractivity contribution >= 4 is 11.7 Å². The highest BCUT2D eigenvalue weighted by molar-refractivity contribution is 5.88. The Kier molecular flexibility index (Phi) is 5.51. The lowest BCUT2D eigenvalue weighted by Gasteiger charge is -2.29. The first-order valence-corrected chi connectivity index (χ1v) is 8.50. The van der Waals surface area contributed by atoms with Gasteiger partial charge >= 0.3 is 5.97 Å². The van der Waals surface area contributed by atoms with E-state index in [1.165, 1.54) is 12.1 Å². The minimum Gasteiger partial charge on any atom is -0.478 e. The van der Waals surface area contributed by atoms with Crippen LogP contribution in [-0.4, -0.2) is 23.7 Å². The molecule has 1 aliphatic carbocycles. The molecule has 1 aliphatic rings. The first-order chi connectivity index (χ1) is 12.8. The van der Waals surface area contributed by atoms with Crippen LogP contribution in [0.2, 0.25) is 0 Å². The van der Waals surface area contributed by atoms with Crippen LogP contribution >= 0.6 is 0 Å². The summed E-state index contributed by atoms with van der Waals surface area (Å²) in [6.07, 6.45) is 2.78. The number of nitrogens with two attached hydrogens (primary N) is 1. The number of hydrogen-bond donors (Lipinski definition) is 3. The Labute approximate surface area is 154 Å². The minimum atomic E-state index is -1.22. The average molecular weight is 376 g/mol. The summed E-state index contributed by atoms with van der Waals surface area (Å²) in [4.78, 5) is 11.0. The molecule has 0 radical (unpaired) electrons. The first kappa shape index (κ1) is 19.0. The number of carboxylic acid groups (broad SMARTS) is 1. The molecule has 0 unspecified atom stereocenters. The van der Waals surface area contributed by atoms with E-state index in [0.29, 0.717) is 31.1 Å². The molecule has 142 valence electrons. The van der Waals surface area contributed by atoms with Crippen LogP contribution < -0.4 is 11.1 Å². The van der Waals surface area contributed by atoms with Gasteiger partial charge in [-0.3, -0.25) is 0 Å². The van der Waals surface area contributed by atoms with Gasteiger partial charge in [-0.2, -0.15) is 0 Å². The van der Waals surface area contributed by atoms with Gasteiger partial charge < -0.3 is 16.2 Å². The molecule has 0 aliphatic heterocycles. The number of allylic oxidation sites excluding steroid dienone is 1. The van der Waals surface area contributed by atoms with Crippen molar-refractivity contribution in [3.05, 3.63) is 76.6 Å². The molecule has 0 saturated carbocycles. The van der Waals surface area contributed by atoms with Gasteiger partial charge in [0.05, 0.1) is 5.56 Å². The third-order valence-electron chi connectivity index (χ3n) is 4.74. The van der Waals surface area contributed by atoms with Gasteiger partial charge in [0.2, 0.25) is 0 Å². The van der Waals surface area contributed by atoms with Gasteiger partial charge in [-0.15, -0.1) is 0 Å². The number of carbonyl (C=O) groups is 1.